The number of fused-ring (bicyclic) bond motifs is 1. The summed E-state index contributed by atoms with van der Waals surface area (Å²) in [6.07, 6.45) is 2.97. The largest absolute Gasteiger partial charge is 0.293 e. The lowest BCUT2D eigenvalue weighted by molar-refractivity contribution is 0.248. The Bertz CT molecular complexity index is 244. The molecule has 0 bridgehead atoms. The summed E-state index contributed by atoms with van der Waals surface area (Å²) in [7, 11) is 0. The summed E-state index contributed by atoms with van der Waals surface area (Å²) in [5, 5.41) is 6.85. The third-order valence-electron chi connectivity index (χ3n) is 2.13. The van der Waals surface area contributed by atoms with Crippen molar-refractivity contribution in [1.29, 1.82) is 0 Å². The van der Waals surface area contributed by atoms with E-state index < -0.39 is 0 Å². The molecular formula is C9H14N3. The van der Waals surface area contributed by atoms with Crippen molar-refractivity contribution in [3.8, 4) is 0 Å². The minimum Gasteiger partial charge on any atom is -0.293 e. The van der Waals surface area contributed by atoms with Crippen molar-refractivity contribution in [2.45, 2.75) is 26.9 Å². The van der Waals surface area contributed by atoms with Gasteiger partial charge in [-0.15, -0.1) is 0 Å². The fourth-order valence-electron chi connectivity index (χ4n) is 1.71. The Hall–Kier alpha value is -0.830. The zero-order valence-corrected chi connectivity index (χ0v) is 7.59. The van der Waals surface area contributed by atoms with Crippen molar-refractivity contribution < 1.29 is 0 Å². The van der Waals surface area contributed by atoms with Crippen molar-refractivity contribution in [3.63, 3.8) is 0 Å². The summed E-state index contributed by atoms with van der Waals surface area (Å²) in [6.45, 7) is 7.69. The van der Waals surface area contributed by atoms with Crippen molar-refractivity contribution in [1.82, 2.24) is 15.1 Å². The van der Waals surface area contributed by atoms with E-state index in [0.29, 0.717) is 0 Å². The first-order chi connectivity index (χ1) is 5.75. The molecule has 1 aliphatic heterocycles. The quantitative estimate of drug-likeness (QED) is 0.711. The number of nitrogens with one attached hydrogen (secondary N) is 1. The van der Waals surface area contributed by atoms with Crippen molar-refractivity contribution in [3.05, 3.63) is 17.5 Å². The predicted molar refractivity (Wildman–Crippen MR) is 46.4 cm³/mol. The Morgan fingerprint density at radius 3 is 3.08 bits per heavy atom. The summed E-state index contributed by atoms with van der Waals surface area (Å²) in [6, 6.07) is 0. The maximum atomic E-state index is 3.88. The van der Waals surface area contributed by atoms with Gasteiger partial charge in [-0.2, -0.15) is 5.10 Å². The molecule has 1 aromatic rings. The molecule has 1 aromatic heterocycles. The van der Waals surface area contributed by atoms with E-state index in [2.05, 4.69) is 35.1 Å². The normalized spacial score (nSPS) is 17.2. The zero-order chi connectivity index (χ0) is 8.55. The Morgan fingerprint density at radius 1 is 1.58 bits per heavy atom. The molecule has 3 heteroatoms. The third kappa shape index (κ3) is 1.37. The van der Waals surface area contributed by atoms with Gasteiger partial charge in [-0.3, -0.25) is 10.00 Å². The fraction of sp³-hybridized carbons (Fsp3) is 0.667. The standard InChI is InChI=1S/C9H14N3/c1-7(2)4-12-5-8-3-10-11-9(8)6-12/h7H,4-6H2,1-2H3,(H,10,11). The summed E-state index contributed by atoms with van der Waals surface area (Å²) >= 11 is 0. The summed E-state index contributed by atoms with van der Waals surface area (Å²) in [5.41, 5.74) is 2.49. The van der Waals surface area contributed by atoms with Crippen LogP contribution in [0.25, 0.3) is 0 Å². The van der Waals surface area contributed by atoms with Gasteiger partial charge < -0.3 is 0 Å². The molecule has 0 aliphatic carbocycles. The first kappa shape index (κ1) is 7.80. The smallest absolute Gasteiger partial charge is 0.117 e. The highest BCUT2D eigenvalue weighted by molar-refractivity contribution is 5.19. The third-order valence-corrected chi connectivity index (χ3v) is 2.13. The number of hydrogen-bond donors (Lipinski definition) is 1. The number of nitrogens with zero attached hydrogens (tertiary/aromatic N) is 2. The molecule has 0 amide bonds. The molecule has 0 fully saturated rings. The second-order valence-corrected chi connectivity index (χ2v) is 3.86. The number of hydrogen-bond acceptors (Lipinski definition) is 2. The molecule has 65 valence electrons. The fourth-order valence-corrected chi connectivity index (χ4v) is 1.71. The van der Waals surface area contributed by atoms with E-state index in [-0.39, 0.29) is 0 Å². The molecule has 2 heterocycles. The van der Waals surface area contributed by atoms with Gasteiger partial charge in [0.2, 0.25) is 0 Å². The summed E-state index contributed by atoms with van der Waals surface area (Å²) < 4.78 is 0. The maximum Gasteiger partial charge on any atom is 0.117 e. The number of H-pyrrole nitrogens is 1. The average Bonchev–Trinajstić information content (AvgIpc) is 2.43. The molecule has 0 unspecified atom stereocenters. The molecule has 1 radical (unpaired) electrons. The van der Waals surface area contributed by atoms with Gasteiger partial charge >= 0.3 is 0 Å². The Morgan fingerprint density at radius 2 is 2.42 bits per heavy atom. The second kappa shape index (κ2) is 2.90. The number of rotatable bonds is 2. The monoisotopic (exact) mass is 164 g/mol. The van der Waals surface area contributed by atoms with Crippen LogP contribution in [0.3, 0.4) is 0 Å². The van der Waals surface area contributed by atoms with E-state index in [0.717, 1.165) is 25.6 Å². The van der Waals surface area contributed by atoms with E-state index in [1.807, 2.05) is 0 Å². The van der Waals surface area contributed by atoms with Crippen LogP contribution in [0.5, 0.6) is 0 Å². The van der Waals surface area contributed by atoms with E-state index in [1.165, 1.54) is 11.3 Å². The van der Waals surface area contributed by atoms with Crippen LogP contribution >= 0.6 is 0 Å². The van der Waals surface area contributed by atoms with Crippen molar-refractivity contribution in [2.75, 3.05) is 6.54 Å². The highest BCUT2D eigenvalue weighted by Gasteiger charge is 2.20. The van der Waals surface area contributed by atoms with Gasteiger partial charge in [-0.1, -0.05) is 13.8 Å². The van der Waals surface area contributed by atoms with E-state index in [9.17, 15) is 0 Å². The van der Waals surface area contributed by atoms with Gasteiger partial charge in [0.05, 0.1) is 5.69 Å². The molecule has 0 saturated heterocycles. The lowest BCUT2D eigenvalue weighted by atomic mass is 10.2. The average molecular weight is 164 g/mol. The Balaban J connectivity index is 1.98. The predicted octanol–water partition coefficient (Wildman–Crippen LogP) is 1.18. The first-order valence-electron chi connectivity index (χ1n) is 4.42. The van der Waals surface area contributed by atoms with Gasteiger partial charge in [-0.05, 0) is 5.92 Å². The SMILES string of the molecule is CC(C)CN1Cc2[c]n[nH]c2C1. The van der Waals surface area contributed by atoms with Gasteiger partial charge in [0.1, 0.15) is 6.20 Å². The topological polar surface area (TPSA) is 31.9 Å². The van der Waals surface area contributed by atoms with Gasteiger partial charge in [0.15, 0.2) is 0 Å². The molecule has 12 heavy (non-hydrogen) atoms. The van der Waals surface area contributed by atoms with Gasteiger partial charge in [0.25, 0.3) is 0 Å². The van der Waals surface area contributed by atoms with Crippen LogP contribution in [-0.4, -0.2) is 21.6 Å². The van der Waals surface area contributed by atoms with Crippen LogP contribution in [0, 0.1) is 12.1 Å². The van der Waals surface area contributed by atoms with Crippen LogP contribution in [0.2, 0.25) is 0 Å². The van der Waals surface area contributed by atoms with Crippen molar-refractivity contribution in [2.24, 2.45) is 5.92 Å². The molecule has 0 aromatic carbocycles. The molecule has 0 atom stereocenters. The molecule has 1 aliphatic rings. The first-order valence-corrected chi connectivity index (χ1v) is 4.42. The Kier molecular flexibility index (Phi) is 1.89. The van der Waals surface area contributed by atoms with E-state index in [1.54, 1.807) is 0 Å². The summed E-state index contributed by atoms with van der Waals surface area (Å²) in [5.74, 6) is 0.738. The minimum absolute atomic E-state index is 0.738. The van der Waals surface area contributed by atoms with Crippen LogP contribution in [0.4, 0.5) is 0 Å². The van der Waals surface area contributed by atoms with E-state index in [4.69, 9.17) is 0 Å². The molecule has 2 rings (SSSR count). The lowest BCUT2D eigenvalue weighted by Gasteiger charge is -2.16. The van der Waals surface area contributed by atoms with Crippen molar-refractivity contribution >= 4 is 0 Å². The van der Waals surface area contributed by atoms with Crippen LogP contribution in [-0.2, 0) is 13.1 Å². The Labute approximate surface area is 72.8 Å². The van der Waals surface area contributed by atoms with Crippen LogP contribution < -0.4 is 0 Å². The molecular weight excluding hydrogens is 150 g/mol. The maximum absolute atomic E-state index is 3.88. The second-order valence-electron chi connectivity index (χ2n) is 3.86. The molecule has 0 saturated carbocycles. The highest BCUT2D eigenvalue weighted by Crippen LogP contribution is 2.19. The van der Waals surface area contributed by atoms with Gasteiger partial charge in [-0.25, -0.2) is 0 Å². The van der Waals surface area contributed by atoms with Gasteiger partial charge in [0, 0.05) is 25.2 Å². The van der Waals surface area contributed by atoms with E-state index >= 15 is 0 Å². The van der Waals surface area contributed by atoms with Crippen LogP contribution in [0.1, 0.15) is 25.1 Å². The van der Waals surface area contributed by atoms with Crippen LogP contribution in [0.15, 0.2) is 0 Å². The molecule has 1 N–H and O–H groups in total. The zero-order valence-electron chi connectivity index (χ0n) is 7.59. The summed E-state index contributed by atoms with van der Waals surface area (Å²) in [4.78, 5) is 2.42. The highest BCUT2D eigenvalue weighted by atomic mass is 15.2. The minimum atomic E-state index is 0.738. The molecule has 0 spiro atoms. The lowest BCUT2D eigenvalue weighted by Crippen LogP contribution is -2.21. The molecule has 3 nitrogen and oxygen atoms in total. The number of aromatic amines is 1. The number of aromatic nitrogens is 2.